The summed E-state index contributed by atoms with van der Waals surface area (Å²) in [4.78, 5) is 11.0. The van der Waals surface area contributed by atoms with Crippen LogP contribution in [0.15, 0.2) is 11.6 Å². The van der Waals surface area contributed by atoms with Gasteiger partial charge in [-0.05, 0) is 6.08 Å². The Labute approximate surface area is 126 Å². The maximum atomic E-state index is 12.9. The molecule has 0 fully saturated rings. The van der Waals surface area contributed by atoms with Crippen LogP contribution in [0.4, 0.5) is 13.2 Å². The molecule has 1 aromatic carbocycles. The molecule has 2 rings (SSSR count). The van der Waals surface area contributed by atoms with E-state index in [-0.39, 0.29) is 27.1 Å². The zero-order valence-corrected chi connectivity index (χ0v) is 11.8. The van der Waals surface area contributed by atoms with Gasteiger partial charge in [-0.25, -0.2) is 4.79 Å². The molecule has 0 spiro atoms. The van der Waals surface area contributed by atoms with Crippen LogP contribution in [-0.4, -0.2) is 30.5 Å². The topological polar surface area (TPSA) is 55.8 Å². The zero-order valence-electron chi connectivity index (χ0n) is 10.3. The molecule has 1 heterocycles. The van der Waals surface area contributed by atoms with E-state index in [0.717, 1.165) is 12.1 Å². The van der Waals surface area contributed by atoms with Crippen molar-refractivity contribution in [2.24, 2.45) is 0 Å². The lowest BCUT2D eigenvalue weighted by atomic mass is 10.0. The van der Waals surface area contributed by atoms with E-state index in [4.69, 9.17) is 37.8 Å². The van der Waals surface area contributed by atoms with Crippen molar-refractivity contribution in [3.8, 4) is 11.5 Å². The second-order valence-corrected chi connectivity index (χ2v) is 4.85. The number of carboxylic acids is 1. The van der Waals surface area contributed by atoms with Crippen molar-refractivity contribution < 1.29 is 32.5 Å². The van der Waals surface area contributed by atoms with Gasteiger partial charge in [-0.3, -0.25) is 0 Å². The zero-order chi connectivity index (χ0) is 15.9. The molecule has 0 aromatic heterocycles. The van der Waals surface area contributed by atoms with Crippen molar-refractivity contribution in [3.05, 3.63) is 27.2 Å². The standard InChI is InChI=1S/C12H7Cl2F3O4/c1-20-9-6(13)3-7-4(8(9)14)2-5(11(18)19)10(21-7)12(15,16)17/h2-3,10H,1H3,(H,18,19). The second kappa shape index (κ2) is 5.31. The fourth-order valence-electron chi connectivity index (χ4n) is 1.85. The predicted octanol–water partition coefficient (Wildman–Crippen LogP) is 3.79. The quantitative estimate of drug-likeness (QED) is 0.888. The number of halogens is 5. The summed E-state index contributed by atoms with van der Waals surface area (Å²) in [6.45, 7) is 0. The third-order valence-electron chi connectivity index (χ3n) is 2.75. The maximum absolute atomic E-state index is 12.9. The number of aliphatic carboxylic acids is 1. The highest BCUT2D eigenvalue weighted by atomic mass is 35.5. The Balaban J connectivity index is 2.67. The number of carboxylic acid groups (broad SMARTS) is 1. The average Bonchev–Trinajstić information content (AvgIpc) is 2.36. The van der Waals surface area contributed by atoms with Gasteiger partial charge in [0.25, 0.3) is 0 Å². The van der Waals surface area contributed by atoms with Crippen LogP contribution >= 0.6 is 23.2 Å². The van der Waals surface area contributed by atoms with E-state index in [1.165, 1.54) is 7.11 Å². The maximum Gasteiger partial charge on any atom is 0.430 e. The summed E-state index contributed by atoms with van der Waals surface area (Å²) in [5, 5.41) is 8.75. The minimum atomic E-state index is -4.89. The monoisotopic (exact) mass is 342 g/mol. The molecule has 1 aromatic rings. The van der Waals surface area contributed by atoms with Gasteiger partial charge >= 0.3 is 12.1 Å². The summed E-state index contributed by atoms with van der Waals surface area (Å²) in [6.07, 6.45) is -6.68. The molecular formula is C12H7Cl2F3O4. The van der Waals surface area contributed by atoms with Crippen LogP contribution in [0.1, 0.15) is 5.56 Å². The van der Waals surface area contributed by atoms with Crippen molar-refractivity contribution in [2.75, 3.05) is 7.11 Å². The first kappa shape index (κ1) is 15.8. The predicted molar refractivity (Wildman–Crippen MR) is 69.1 cm³/mol. The van der Waals surface area contributed by atoms with Crippen molar-refractivity contribution in [1.29, 1.82) is 0 Å². The number of methoxy groups -OCH3 is 1. The Morgan fingerprint density at radius 1 is 1.43 bits per heavy atom. The molecule has 0 aliphatic carbocycles. The van der Waals surface area contributed by atoms with Crippen LogP contribution in [-0.2, 0) is 4.79 Å². The molecule has 9 heteroatoms. The van der Waals surface area contributed by atoms with Crippen LogP contribution in [0.5, 0.6) is 11.5 Å². The molecule has 1 atom stereocenters. The van der Waals surface area contributed by atoms with Gasteiger partial charge in [0.05, 0.1) is 22.7 Å². The van der Waals surface area contributed by atoms with E-state index < -0.39 is 23.8 Å². The van der Waals surface area contributed by atoms with Gasteiger partial charge < -0.3 is 14.6 Å². The fourth-order valence-corrected chi connectivity index (χ4v) is 2.50. The summed E-state index contributed by atoms with van der Waals surface area (Å²) in [7, 11) is 1.27. The number of benzene rings is 1. The SMILES string of the molecule is COc1c(Cl)cc2c(c1Cl)C=C(C(=O)O)C(C(F)(F)F)O2. The van der Waals surface area contributed by atoms with Crippen molar-refractivity contribution >= 4 is 35.2 Å². The Kier molecular flexibility index (Phi) is 3.99. The Morgan fingerprint density at radius 3 is 2.52 bits per heavy atom. The first-order valence-electron chi connectivity index (χ1n) is 5.41. The van der Waals surface area contributed by atoms with Gasteiger partial charge in [0.2, 0.25) is 6.10 Å². The minimum Gasteiger partial charge on any atom is -0.494 e. The number of fused-ring (bicyclic) bond motifs is 1. The van der Waals surface area contributed by atoms with Gasteiger partial charge in [-0.2, -0.15) is 13.2 Å². The third-order valence-corrected chi connectivity index (χ3v) is 3.41. The highest BCUT2D eigenvalue weighted by Crippen LogP contribution is 2.46. The first-order chi connectivity index (χ1) is 9.66. The Bertz CT molecular complexity index is 640. The highest BCUT2D eigenvalue weighted by Gasteiger charge is 2.48. The van der Waals surface area contributed by atoms with E-state index in [1.54, 1.807) is 0 Å². The van der Waals surface area contributed by atoms with E-state index in [9.17, 15) is 18.0 Å². The van der Waals surface area contributed by atoms with Crippen molar-refractivity contribution in [3.63, 3.8) is 0 Å². The summed E-state index contributed by atoms with van der Waals surface area (Å²) in [5.41, 5.74) is -1.00. The van der Waals surface area contributed by atoms with Crippen molar-refractivity contribution in [2.45, 2.75) is 12.3 Å². The number of alkyl halides is 3. The highest BCUT2D eigenvalue weighted by molar-refractivity contribution is 6.38. The van der Waals surface area contributed by atoms with E-state index >= 15 is 0 Å². The van der Waals surface area contributed by atoms with E-state index in [0.29, 0.717) is 0 Å². The van der Waals surface area contributed by atoms with Gasteiger partial charge in [0.15, 0.2) is 5.75 Å². The lowest BCUT2D eigenvalue weighted by Crippen LogP contribution is -2.40. The number of rotatable bonds is 2. The van der Waals surface area contributed by atoms with E-state index in [1.807, 2.05) is 0 Å². The summed E-state index contributed by atoms with van der Waals surface area (Å²) >= 11 is 11.8. The molecule has 21 heavy (non-hydrogen) atoms. The minimum absolute atomic E-state index is 0.0205. The van der Waals surface area contributed by atoms with Crippen LogP contribution in [0, 0.1) is 0 Å². The van der Waals surface area contributed by atoms with Crippen LogP contribution in [0.2, 0.25) is 10.0 Å². The molecular weight excluding hydrogens is 336 g/mol. The molecule has 0 saturated heterocycles. The molecule has 1 aliphatic rings. The number of carbonyl (C=O) groups is 1. The fraction of sp³-hybridized carbons (Fsp3) is 0.250. The van der Waals surface area contributed by atoms with Gasteiger partial charge in [0, 0.05) is 11.6 Å². The summed E-state index contributed by atoms with van der Waals surface area (Å²) in [5.74, 6) is -2.00. The van der Waals surface area contributed by atoms with Crippen LogP contribution in [0.25, 0.3) is 6.08 Å². The smallest absolute Gasteiger partial charge is 0.430 e. The molecule has 114 valence electrons. The first-order valence-corrected chi connectivity index (χ1v) is 6.16. The van der Waals surface area contributed by atoms with Crippen LogP contribution in [0.3, 0.4) is 0 Å². The normalized spacial score (nSPS) is 17.6. The van der Waals surface area contributed by atoms with Crippen molar-refractivity contribution in [1.82, 2.24) is 0 Å². The van der Waals surface area contributed by atoms with E-state index in [2.05, 4.69) is 0 Å². The molecule has 4 nitrogen and oxygen atoms in total. The number of ether oxygens (including phenoxy) is 2. The lowest BCUT2D eigenvalue weighted by Gasteiger charge is -2.28. The largest absolute Gasteiger partial charge is 0.494 e. The molecule has 0 saturated carbocycles. The van der Waals surface area contributed by atoms with Gasteiger partial charge in [-0.15, -0.1) is 0 Å². The average molecular weight is 343 g/mol. The van der Waals surface area contributed by atoms with Crippen LogP contribution < -0.4 is 9.47 Å². The third kappa shape index (κ3) is 2.75. The Hall–Kier alpha value is -1.60. The summed E-state index contributed by atoms with van der Waals surface area (Å²) < 4.78 is 48.3. The van der Waals surface area contributed by atoms with Gasteiger partial charge in [-0.1, -0.05) is 23.2 Å². The Morgan fingerprint density at radius 2 is 2.05 bits per heavy atom. The van der Waals surface area contributed by atoms with Gasteiger partial charge in [0.1, 0.15) is 5.75 Å². The molecule has 0 radical (unpaired) electrons. The second-order valence-electron chi connectivity index (χ2n) is 4.06. The molecule has 0 amide bonds. The molecule has 1 N–H and O–H groups in total. The number of hydrogen-bond acceptors (Lipinski definition) is 3. The molecule has 1 unspecified atom stereocenters. The summed E-state index contributed by atoms with van der Waals surface area (Å²) in [6, 6.07) is 1.09. The lowest BCUT2D eigenvalue weighted by molar-refractivity contribution is -0.187. The molecule has 0 bridgehead atoms. The molecule has 1 aliphatic heterocycles. The number of hydrogen-bond donors (Lipinski definition) is 1.